The highest BCUT2D eigenvalue weighted by molar-refractivity contribution is 5.88. The van der Waals surface area contributed by atoms with Crippen molar-refractivity contribution in [2.75, 3.05) is 0 Å². The molecule has 8 nitrogen and oxygen atoms in total. The number of nitro benzene ring substituents is 1. The Balaban J connectivity index is 1.59. The molecule has 166 valence electrons. The van der Waals surface area contributed by atoms with Crippen molar-refractivity contribution < 1.29 is 14.5 Å². The minimum Gasteiger partial charge on any atom is -0.458 e. The van der Waals surface area contributed by atoms with E-state index in [-0.39, 0.29) is 12.3 Å². The lowest BCUT2D eigenvalue weighted by Gasteiger charge is -2.02. The van der Waals surface area contributed by atoms with Gasteiger partial charge in [0.05, 0.1) is 22.2 Å². The fourth-order valence-corrected chi connectivity index (χ4v) is 3.25. The van der Waals surface area contributed by atoms with Crippen LogP contribution in [0.2, 0.25) is 0 Å². The van der Waals surface area contributed by atoms with Crippen molar-refractivity contribution in [3.8, 4) is 23.0 Å². The first-order valence-electron chi connectivity index (χ1n) is 10.3. The van der Waals surface area contributed by atoms with Crippen LogP contribution in [0.4, 0.5) is 5.69 Å². The van der Waals surface area contributed by atoms with E-state index in [0.717, 1.165) is 11.3 Å². The zero-order valence-corrected chi connectivity index (χ0v) is 17.9. The van der Waals surface area contributed by atoms with Crippen molar-refractivity contribution in [1.82, 2.24) is 9.78 Å². The molecule has 0 aliphatic carbocycles. The Morgan fingerprint density at radius 2 is 1.85 bits per heavy atom. The fraction of sp³-hybridized carbons (Fsp3) is 0.0385. The minimum absolute atomic E-state index is 0.0523. The lowest BCUT2D eigenvalue weighted by molar-refractivity contribution is -0.384. The van der Waals surface area contributed by atoms with Gasteiger partial charge < -0.3 is 4.74 Å². The summed E-state index contributed by atoms with van der Waals surface area (Å²) >= 11 is 0. The molecule has 0 fully saturated rings. The molecule has 1 aromatic heterocycles. The molecular formula is C26H18N4O4. The average Bonchev–Trinajstić information content (AvgIpc) is 3.31. The van der Waals surface area contributed by atoms with Gasteiger partial charge in [0, 0.05) is 35.5 Å². The average molecular weight is 450 g/mol. The third kappa shape index (κ3) is 5.23. The second kappa shape index (κ2) is 10.1. The summed E-state index contributed by atoms with van der Waals surface area (Å²) in [7, 11) is 0. The molecule has 3 aromatic carbocycles. The molecule has 0 spiro atoms. The topological polar surface area (TPSA) is 111 Å². The molecule has 1 heterocycles. The van der Waals surface area contributed by atoms with Gasteiger partial charge in [0.25, 0.3) is 5.69 Å². The van der Waals surface area contributed by atoms with Gasteiger partial charge in [0.1, 0.15) is 12.3 Å². The first-order valence-corrected chi connectivity index (χ1v) is 10.3. The van der Waals surface area contributed by atoms with E-state index in [9.17, 15) is 14.9 Å². The number of esters is 1. The quantitative estimate of drug-likeness (QED) is 0.168. The molecule has 0 saturated heterocycles. The zero-order valence-electron chi connectivity index (χ0n) is 17.9. The number of non-ortho nitro benzene ring substituents is 1. The van der Waals surface area contributed by atoms with Gasteiger partial charge in [-0.05, 0) is 35.9 Å². The molecule has 0 aliphatic heterocycles. The van der Waals surface area contributed by atoms with Gasteiger partial charge in [-0.15, -0.1) is 0 Å². The number of hydrogen-bond acceptors (Lipinski definition) is 6. The Hall–Kier alpha value is -5.03. The summed E-state index contributed by atoms with van der Waals surface area (Å²) in [6.07, 6.45) is 4.60. The maximum absolute atomic E-state index is 12.3. The molecule has 4 rings (SSSR count). The first kappa shape index (κ1) is 22.2. The van der Waals surface area contributed by atoms with Crippen LogP contribution in [0.15, 0.2) is 91.1 Å². The minimum atomic E-state index is -0.554. The number of carbonyl (C=O) groups is 1. The molecule has 0 saturated carbocycles. The van der Waals surface area contributed by atoms with E-state index in [1.807, 2.05) is 36.4 Å². The zero-order chi connectivity index (χ0) is 23.9. The Labute approximate surface area is 195 Å². The third-order valence-corrected chi connectivity index (χ3v) is 4.96. The standard InChI is InChI=1S/C26H18N4O4/c27-16-19-9-11-20(12-10-19)18-34-25(31)14-13-22-17-29(23-6-2-1-3-7-23)28-26(22)21-5-4-8-24(15-21)30(32)33/h1-15,17H,18H2/b14-13+. The summed E-state index contributed by atoms with van der Waals surface area (Å²) in [5, 5.41) is 24.7. The lowest BCUT2D eigenvalue weighted by atomic mass is 10.1. The van der Waals surface area contributed by atoms with Crippen molar-refractivity contribution in [3.63, 3.8) is 0 Å². The summed E-state index contributed by atoms with van der Waals surface area (Å²) in [4.78, 5) is 23.1. The van der Waals surface area contributed by atoms with Crippen molar-refractivity contribution in [2.45, 2.75) is 6.61 Å². The van der Waals surface area contributed by atoms with Gasteiger partial charge in [0.2, 0.25) is 0 Å². The van der Waals surface area contributed by atoms with Crippen LogP contribution in [-0.4, -0.2) is 20.7 Å². The van der Waals surface area contributed by atoms with E-state index in [1.165, 1.54) is 18.2 Å². The summed E-state index contributed by atoms with van der Waals surface area (Å²) in [5.41, 5.74) is 3.67. The molecule has 0 N–H and O–H groups in total. The highest BCUT2D eigenvalue weighted by atomic mass is 16.6. The van der Waals surface area contributed by atoms with Crippen LogP contribution in [-0.2, 0) is 16.1 Å². The van der Waals surface area contributed by atoms with Crippen LogP contribution in [0.25, 0.3) is 23.0 Å². The number of nitriles is 1. The molecule has 4 aromatic rings. The summed E-state index contributed by atoms with van der Waals surface area (Å²) in [5.74, 6) is -0.554. The second-order valence-electron chi connectivity index (χ2n) is 7.27. The molecular weight excluding hydrogens is 432 g/mol. The number of hydrogen-bond donors (Lipinski definition) is 0. The molecule has 0 unspecified atom stereocenters. The number of nitrogens with zero attached hydrogens (tertiary/aromatic N) is 4. The van der Waals surface area contributed by atoms with Gasteiger partial charge in [0.15, 0.2) is 0 Å². The summed E-state index contributed by atoms with van der Waals surface area (Å²) in [6, 6.07) is 24.4. The largest absolute Gasteiger partial charge is 0.458 e. The number of carbonyl (C=O) groups excluding carboxylic acids is 1. The summed E-state index contributed by atoms with van der Waals surface area (Å²) in [6.45, 7) is 0.0654. The van der Waals surface area contributed by atoms with E-state index in [0.29, 0.717) is 22.4 Å². The number of ether oxygens (including phenoxy) is 1. The Kier molecular flexibility index (Phi) is 6.56. The Morgan fingerprint density at radius 1 is 1.09 bits per heavy atom. The fourth-order valence-electron chi connectivity index (χ4n) is 3.25. The van der Waals surface area contributed by atoms with Crippen LogP contribution in [0, 0.1) is 21.4 Å². The number of nitro groups is 1. The van der Waals surface area contributed by atoms with Crippen LogP contribution < -0.4 is 0 Å². The Bertz CT molecular complexity index is 1400. The van der Waals surface area contributed by atoms with Crippen molar-refractivity contribution in [1.29, 1.82) is 5.26 Å². The van der Waals surface area contributed by atoms with Crippen LogP contribution in [0.5, 0.6) is 0 Å². The number of benzene rings is 3. The molecule has 0 amide bonds. The third-order valence-electron chi connectivity index (χ3n) is 4.96. The predicted molar refractivity (Wildman–Crippen MR) is 126 cm³/mol. The molecule has 34 heavy (non-hydrogen) atoms. The number of rotatable bonds is 7. The van der Waals surface area contributed by atoms with Crippen LogP contribution in [0.3, 0.4) is 0 Å². The molecule has 0 bridgehead atoms. The van der Waals surface area contributed by atoms with Crippen molar-refractivity contribution in [3.05, 3.63) is 118 Å². The van der Waals surface area contributed by atoms with Crippen LogP contribution in [0.1, 0.15) is 16.7 Å². The maximum atomic E-state index is 12.3. The molecule has 0 radical (unpaired) electrons. The van der Waals surface area contributed by atoms with E-state index >= 15 is 0 Å². The number of aromatic nitrogens is 2. The summed E-state index contributed by atoms with van der Waals surface area (Å²) < 4.78 is 6.93. The van der Waals surface area contributed by atoms with E-state index in [4.69, 9.17) is 10.00 Å². The number of para-hydroxylation sites is 1. The van der Waals surface area contributed by atoms with Crippen molar-refractivity contribution in [2.24, 2.45) is 0 Å². The normalized spacial score (nSPS) is 10.7. The van der Waals surface area contributed by atoms with Gasteiger partial charge in [-0.2, -0.15) is 10.4 Å². The van der Waals surface area contributed by atoms with Gasteiger partial charge in [-0.25, -0.2) is 9.48 Å². The van der Waals surface area contributed by atoms with E-state index < -0.39 is 10.9 Å². The lowest BCUT2D eigenvalue weighted by Crippen LogP contribution is -2.00. The highest BCUT2D eigenvalue weighted by Crippen LogP contribution is 2.27. The van der Waals surface area contributed by atoms with E-state index in [2.05, 4.69) is 5.10 Å². The molecule has 8 heteroatoms. The molecule has 0 atom stereocenters. The monoisotopic (exact) mass is 450 g/mol. The molecule has 0 aliphatic rings. The van der Waals surface area contributed by atoms with Crippen LogP contribution >= 0.6 is 0 Å². The smallest absolute Gasteiger partial charge is 0.331 e. The predicted octanol–water partition coefficient (Wildman–Crippen LogP) is 5.08. The van der Waals surface area contributed by atoms with Gasteiger partial charge in [-0.3, -0.25) is 10.1 Å². The van der Waals surface area contributed by atoms with Gasteiger partial charge >= 0.3 is 5.97 Å². The first-order chi connectivity index (χ1) is 16.5. The SMILES string of the molecule is N#Cc1ccc(COC(=O)/C=C/c2cn(-c3ccccc3)nc2-c2cccc([N+](=O)[O-])c2)cc1. The maximum Gasteiger partial charge on any atom is 0.331 e. The highest BCUT2D eigenvalue weighted by Gasteiger charge is 2.14. The Morgan fingerprint density at radius 3 is 2.56 bits per heavy atom. The van der Waals surface area contributed by atoms with Gasteiger partial charge in [-0.1, -0.05) is 42.5 Å². The van der Waals surface area contributed by atoms with E-state index in [1.54, 1.807) is 53.4 Å². The van der Waals surface area contributed by atoms with Crippen molar-refractivity contribution >= 4 is 17.7 Å². The second-order valence-corrected chi connectivity index (χ2v) is 7.27.